The Labute approximate surface area is 109 Å². The zero-order chi connectivity index (χ0) is 14.1. The van der Waals surface area contributed by atoms with E-state index in [1.807, 2.05) is 0 Å². The molecule has 2 N–H and O–H groups in total. The van der Waals surface area contributed by atoms with Gasteiger partial charge in [0.05, 0.1) is 0 Å². The second-order valence-corrected chi connectivity index (χ2v) is 4.68. The van der Waals surface area contributed by atoms with Gasteiger partial charge in [-0.3, -0.25) is 4.79 Å². The van der Waals surface area contributed by atoms with Crippen molar-refractivity contribution in [2.75, 3.05) is 6.54 Å². The van der Waals surface area contributed by atoms with Crippen molar-refractivity contribution in [1.82, 2.24) is 5.32 Å². The van der Waals surface area contributed by atoms with E-state index in [2.05, 4.69) is 19.2 Å². The number of amides is 1. The number of carboxylic acid groups (broad SMARTS) is 1. The Morgan fingerprint density at radius 2 is 1.78 bits per heavy atom. The molecule has 1 unspecified atom stereocenters. The summed E-state index contributed by atoms with van der Waals surface area (Å²) in [7, 11) is 0. The van der Waals surface area contributed by atoms with Gasteiger partial charge in [-0.05, 0) is 26.2 Å². The van der Waals surface area contributed by atoms with Gasteiger partial charge in [0.2, 0.25) is 5.91 Å². The summed E-state index contributed by atoms with van der Waals surface area (Å²) in [5, 5.41) is 11.6. The molecule has 0 aliphatic carbocycles. The lowest BCUT2D eigenvalue weighted by atomic mass is 9.99. The van der Waals surface area contributed by atoms with Crippen molar-refractivity contribution >= 4 is 11.9 Å². The van der Waals surface area contributed by atoms with Gasteiger partial charge in [-0.2, -0.15) is 0 Å². The van der Waals surface area contributed by atoms with Crippen LogP contribution in [0.4, 0.5) is 0 Å². The summed E-state index contributed by atoms with van der Waals surface area (Å²) < 4.78 is 0. The van der Waals surface area contributed by atoms with Gasteiger partial charge in [0.25, 0.3) is 0 Å². The number of hydrogen-bond donors (Lipinski definition) is 2. The molecule has 0 rings (SSSR count). The molecule has 0 heterocycles. The molecule has 0 spiro atoms. The lowest BCUT2D eigenvalue weighted by Crippen LogP contribution is -2.30. The molecule has 0 aliphatic heterocycles. The van der Waals surface area contributed by atoms with Gasteiger partial charge in [0.15, 0.2) is 0 Å². The second kappa shape index (κ2) is 8.72. The number of hydrogen-bond acceptors (Lipinski definition) is 2. The van der Waals surface area contributed by atoms with E-state index < -0.39 is 5.97 Å². The topological polar surface area (TPSA) is 66.4 Å². The predicted molar refractivity (Wildman–Crippen MR) is 72.3 cm³/mol. The van der Waals surface area contributed by atoms with Gasteiger partial charge < -0.3 is 10.4 Å². The summed E-state index contributed by atoms with van der Waals surface area (Å²) in [6.45, 7) is 7.88. The molecule has 0 bridgehead atoms. The van der Waals surface area contributed by atoms with Crippen LogP contribution in [0.15, 0.2) is 11.1 Å². The number of carboxylic acids is 1. The van der Waals surface area contributed by atoms with Crippen LogP contribution in [0.25, 0.3) is 0 Å². The first-order chi connectivity index (χ1) is 8.43. The Balaban J connectivity index is 4.32. The van der Waals surface area contributed by atoms with E-state index in [4.69, 9.17) is 5.11 Å². The molecular formula is C14H25NO3. The van der Waals surface area contributed by atoms with Crippen LogP contribution in [0.5, 0.6) is 0 Å². The van der Waals surface area contributed by atoms with Crippen LogP contribution in [0.1, 0.15) is 53.4 Å². The summed E-state index contributed by atoms with van der Waals surface area (Å²) >= 11 is 0. The molecule has 0 aromatic rings. The summed E-state index contributed by atoms with van der Waals surface area (Å²) in [6.07, 6.45) is 4.45. The Kier molecular flexibility index (Phi) is 8.08. The third-order valence-electron chi connectivity index (χ3n) is 3.32. The fraction of sp³-hybridized carbons (Fsp3) is 0.714. The van der Waals surface area contributed by atoms with Crippen LogP contribution in [0, 0.1) is 5.92 Å². The molecule has 0 saturated heterocycles. The normalized spacial score (nSPS) is 13.8. The zero-order valence-corrected chi connectivity index (χ0v) is 11.9. The molecule has 4 heteroatoms. The van der Waals surface area contributed by atoms with Gasteiger partial charge in [0.1, 0.15) is 0 Å². The van der Waals surface area contributed by atoms with Crippen molar-refractivity contribution in [2.45, 2.75) is 53.4 Å². The van der Waals surface area contributed by atoms with Gasteiger partial charge in [-0.1, -0.05) is 33.1 Å². The minimum Gasteiger partial charge on any atom is -0.478 e. The predicted octanol–water partition coefficient (Wildman–Crippen LogP) is 2.74. The number of rotatable bonds is 8. The van der Waals surface area contributed by atoms with Crippen LogP contribution in [0.3, 0.4) is 0 Å². The highest BCUT2D eigenvalue weighted by molar-refractivity contribution is 6.01. The fourth-order valence-corrected chi connectivity index (χ4v) is 1.64. The third kappa shape index (κ3) is 5.84. The molecule has 0 aliphatic rings. The van der Waals surface area contributed by atoms with Crippen molar-refractivity contribution in [3.8, 4) is 0 Å². The molecule has 18 heavy (non-hydrogen) atoms. The Morgan fingerprint density at radius 3 is 2.22 bits per heavy atom. The van der Waals surface area contributed by atoms with Gasteiger partial charge in [-0.15, -0.1) is 0 Å². The molecule has 0 radical (unpaired) electrons. The fourth-order valence-electron chi connectivity index (χ4n) is 1.64. The van der Waals surface area contributed by atoms with Gasteiger partial charge >= 0.3 is 5.97 Å². The van der Waals surface area contributed by atoms with Crippen LogP contribution in [-0.2, 0) is 9.59 Å². The second-order valence-electron chi connectivity index (χ2n) is 4.68. The van der Waals surface area contributed by atoms with Gasteiger partial charge in [-0.25, -0.2) is 4.79 Å². The van der Waals surface area contributed by atoms with Crippen molar-refractivity contribution in [3.63, 3.8) is 0 Å². The molecular weight excluding hydrogens is 230 g/mol. The maximum Gasteiger partial charge on any atom is 0.331 e. The number of carbonyl (C=O) groups excluding carboxylic acids is 1. The van der Waals surface area contributed by atoms with E-state index in [9.17, 15) is 9.59 Å². The highest BCUT2D eigenvalue weighted by Gasteiger charge is 2.14. The minimum absolute atomic E-state index is 0.106. The van der Waals surface area contributed by atoms with Crippen LogP contribution in [-0.4, -0.2) is 23.5 Å². The van der Waals surface area contributed by atoms with Crippen molar-refractivity contribution in [1.29, 1.82) is 0 Å². The van der Waals surface area contributed by atoms with Crippen molar-refractivity contribution in [2.24, 2.45) is 5.92 Å². The monoisotopic (exact) mass is 255 g/mol. The summed E-state index contributed by atoms with van der Waals surface area (Å²) in [6, 6.07) is 0. The number of nitrogens with one attached hydrogen (secondary N) is 1. The van der Waals surface area contributed by atoms with Crippen molar-refractivity contribution < 1.29 is 14.7 Å². The van der Waals surface area contributed by atoms with Crippen LogP contribution in [0.2, 0.25) is 0 Å². The Hall–Kier alpha value is -1.32. The van der Waals surface area contributed by atoms with Gasteiger partial charge in [0, 0.05) is 17.7 Å². The number of unbranched alkanes of at least 4 members (excludes halogenated alkanes) is 1. The smallest absolute Gasteiger partial charge is 0.331 e. The molecule has 1 atom stereocenters. The first-order valence-electron chi connectivity index (χ1n) is 6.62. The van der Waals surface area contributed by atoms with E-state index in [0.717, 1.165) is 25.7 Å². The summed E-state index contributed by atoms with van der Waals surface area (Å²) in [5.74, 6) is -0.836. The van der Waals surface area contributed by atoms with E-state index >= 15 is 0 Å². The highest BCUT2D eigenvalue weighted by atomic mass is 16.4. The summed E-state index contributed by atoms with van der Waals surface area (Å²) in [4.78, 5) is 22.5. The third-order valence-corrected chi connectivity index (χ3v) is 3.32. The Morgan fingerprint density at radius 1 is 1.17 bits per heavy atom. The molecule has 0 aromatic heterocycles. The highest BCUT2D eigenvalue weighted by Crippen LogP contribution is 2.12. The zero-order valence-electron chi connectivity index (χ0n) is 11.9. The van der Waals surface area contributed by atoms with Crippen LogP contribution < -0.4 is 5.32 Å². The maximum atomic E-state index is 11.8. The molecule has 4 nitrogen and oxygen atoms in total. The standard InChI is InChI=1S/C14H25NO3/c1-5-7-8-12(6-2)9-15-13(16)10(3)11(4)14(17)18/h12H,5-9H2,1-4H3,(H,15,16)(H,17,18). The first-order valence-corrected chi connectivity index (χ1v) is 6.62. The number of aliphatic carboxylic acids is 1. The quantitative estimate of drug-likeness (QED) is 0.655. The SMILES string of the molecule is CCCCC(CC)CNC(=O)C(C)=C(C)C(=O)O. The molecule has 0 fully saturated rings. The number of carbonyl (C=O) groups is 2. The van der Waals surface area contributed by atoms with E-state index in [1.165, 1.54) is 6.92 Å². The van der Waals surface area contributed by atoms with E-state index in [1.54, 1.807) is 6.92 Å². The van der Waals surface area contributed by atoms with E-state index in [0.29, 0.717) is 12.5 Å². The van der Waals surface area contributed by atoms with Crippen LogP contribution >= 0.6 is 0 Å². The molecule has 0 aromatic carbocycles. The maximum absolute atomic E-state index is 11.8. The van der Waals surface area contributed by atoms with Crippen molar-refractivity contribution in [3.05, 3.63) is 11.1 Å². The van der Waals surface area contributed by atoms with E-state index in [-0.39, 0.29) is 17.1 Å². The Bertz CT molecular complexity index is 321. The minimum atomic E-state index is -1.04. The summed E-state index contributed by atoms with van der Waals surface area (Å²) in [5.41, 5.74) is 0.391. The molecule has 1 amide bonds. The lowest BCUT2D eigenvalue weighted by Gasteiger charge is -2.15. The average molecular weight is 255 g/mol. The molecule has 104 valence electrons. The first kappa shape index (κ1) is 16.7. The molecule has 0 saturated carbocycles. The lowest BCUT2D eigenvalue weighted by molar-refractivity contribution is -0.133. The largest absolute Gasteiger partial charge is 0.478 e. The average Bonchev–Trinajstić information content (AvgIpc) is 2.36.